The fraction of sp³-hybridized carbons (Fsp3) is 0.440. The van der Waals surface area contributed by atoms with Crippen molar-refractivity contribution in [2.45, 2.75) is 57.7 Å². The van der Waals surface area contributed by atoms with Crippen molar-refractivity contribution >= 4 is 12.1 Å². The van der Waals surface area contributed by atoms with Gasteiger partial charge in [0.05, 0.1) is 6.42 Å². The number of likely N-dealkylation sites (tertiary alicyclic amines) is 1. The van der Waals surface area contributed by atoms with Crippen LogP contribution in [0.25, 0.3) is 0 Å². The quantitative estimate of drug-likeness (QED) is 0.641. The molecule has 0 bridgehead atoms. The largest absolute Gasteiger partial charge is 0.462 e. The van der Waals surface area contributed by atoms with Crippen molar-refractivity contribution in [2.75, 3.05) is 13.1 Å². The smallest absolute Gasteiger partial charge is 0.410 e. The van der Waals surface area contributed by atoms with Gasteiger partial charge in [0.2, 0.25) is 0 Å². The molecule has 1 amide bonds. The summed E-state index contributed by atoms with van der Waals surface area (Å²) < 4.78 is 11.2. The average molecular weight is 410 g/mol. The summed E-state index contributed by atoms with van der Waals surface area (Å²) in [4.78, 5) is 26.6. The molecule has 160 valence electrons. The van der Waals surface area contributed by atoms with Crippen molar-refractivity contribution in [2.24, 2.45) is 0 Å². The van der Waals surface area contributed by atoms with Gasteiger partial charge in [0.25, 0.3) is 0 Å². The standard InChI is InChI=1S/C25H31NO4/c1-25(2,3)30-24(28)26-16-14-21(15-17-26)29-23(27)18-22(19-10-6-4-7-11-19)20-12-8-5-9-13-20/h4-13,21-22H,14-18H2,1-3H3. The van der Waals surface area contributed by atoms with Gasteiger partial charge in [-0.05, 0) is 31.9 Å². The van der Waals surface area contributed by atoms with Crippen LogP contribution in [0.5, 0.6) is 0 Å². The van der Waals surface area contributed by atoms with E-state index in [-0.39, 0.29) is 24.1 Å². The van der Waals surface area contributed by atoms with Crippen LogP contribution in [-0.2, 0) is 14.3 Å². The van der Waals surface area contributed by atoms with Crippen LogP contribution in [0, 0.1) is 0 Å². The van der Waals surface area contributed by atoms with Gasteiger partial charge in [0, 0.05) is 31.8 Å². The summed E-state index contributed by atoms with van der Waals surface area (Å²) >= 11 is 0. The van der Waals surface area contributed by atoms with Crippen molar-refractivity contribution in [3.63, 3.8) is 0 Å². The summed E-state index contributed by atoms with van der Waals surface area (Å²) in [7, 11) is 0. The summed E-state index contributed by atoms with van der Waals surface area (Å²) in [5.41, 5.74) is 1.69. The minimum absolute atomic E-state index is 0.0400. The number of carbonyl (C=O) groups excluding carboxylic acids is 2. The second-order valence-electron chi connectivity index (χ2n) is 8.73. The number of ether oxygens (including phenoxy) is 2. The summed E-state index contributed by atoms with van der Waals surface area (Å²) in [6, 6.07) is 20.1. The highest BCUT2D eigenvalue weighted by molar-refractivity contribution is 5.72. The van der Waals surface area contributed by atoms with Crippen molar-refractivity contribution < 1.29 is 19.1 Å². The van der Waals surface area contributed by atoms with Crippen molar-refractivity contribution in [1.82, 2.24) is 4.90 Å². The van der Waals surface area contributed by atoms with Gasteiger partial charge in [-0.3, -0.25) is 4.79 Å². The highest BCUT2D eigenvalue weighted by Crippen LogP contribution is 2.29. The Morgan fingerprint density at radius 2 is 1.43 bits per heavy atom. The molecule has 2 aromatic carbocycles. The molecular weight excluding hydrogens is 378 g/mol. The van der Waals surface area contributed by atoms with E-state index < -0.39 is 5.60 Å². The fourth-order valence-corrected chi connectivity index (χ4v) is 3.68. The van der Waals surface area contributed by atoms with Crippen LogP contribution in [0.15, 0.2) is 60.7 Å². The number of rotatable bonds is 5. The number of nitrogens with zero attached hydrogens (tertiary/aromatic N) is 1. The highest BCUT2D eigenvalue weighted by atomic mass is 16.6. The van der Waals surface area contributed by atoms with E-state index in [1.807, 2.05) is 81.4 Å². The highest BCUT2D eigenvalue weighted by Gasteiger charge is 2.29. The van der Waals surface area contributed by atoms with E-state index in [1.54, 1.807) is 4.90 Å². The van der Waals surface area contributed by atoms with Gasteiger partial charge in [-0.1, -0.05) is 60.7 Å². The molecule has 0 aliphatic carbocycles. The molecule has 0 atom stereocenters. The molecule has 2 aromatic rings. The topological polar surface area (TPSA) is 55.8 Å². The number of piperidine rings is 1. The second-order valence-corrected chi connectivity index (χ2v) is 8.73. The zero-order valence-electron chi connectivity index (χ0n) is 18.0. The lowest BCUT2D eigenvalue weighted by atomic mass is 9.88. The molecule has 1 saturated heterocycles. The third-order valence-electron chi connectivity index (χ3n) is 5.17. The van der Waals surface area contributed by atoms with Crippen LogP contribution in [0.4, 0.5) is 4.79 Å². The Balaban J connectivity index is 1.56. The average Bonchev–Trinajstić information content (AvgIpc) is 2.72. The second kappa shape index (κ2) is 9.79. The summed E-state index contributed by atoms with van der Waals surface area (Å²) in [5, 5.41) is 0. The van der Waals surface area contributed by atoms with Crippen LogP contribution in [0.2, 0.25) is 0 Å². The molecule has 5 heteroatoms. The maximum atomic E-state index is 12.7. The van der Waals surface area contributed by atoms with E-state index in [2.05, 4.69) is 0 Å². The van der Waals surface area contributed by atoms with E-state index in [1.165, 1.54) is 0 Å². The van der Waals surface area contributed by atoms with Gasteiger partial charge in [-0.2, -0.15) is 0 Å². The first-order chi connectivity index (χ1) is 14.3. The first-order valence-electron chi connectivity index (χ1n) is 10.6. The predicted octanol–water partition coefficient (Wildman–Crippen LogP) is 5.15. The number of hydrogen-bond donors (Lipinski definition) is 0. The number of benzene rings is 2. The van der Waals surface area contributed by atoms with Crippen molar-refractivity contribution in [1.29, 1.82) is 0 Å². The molecule has 5 nitrogen and oxygen atoms in total. The molecule has 1 fully saturated rings. The Bertz CT molecular complexity index is 782. The molecule has 0 radical (unpaired) electrons. The molecule has 0 saturated carbocycles. The zero-order valence-corrected chi connectivity index (χ0v) is 18.0. The monoisotopic (exact) mass is 409 g/mol. The third-order valence-corrected chi connectivity index (χ3v) is 5.17. The Morgan fingerprint density at radius 1 is 0.933 bits per heavy atom. The summed E-state index contributed by atoms with van der Waals surface area (Å²) in [6.45, 7) is 6.64. The van der Waals surface area contributed by atoms with Crippen LogP contribution in [0.1, 0.15) is 57.1 Å². The molecule has 3 rings (SSSR count). The number of esters is 1. The SMILES string of the molecule is CC(C)(C)OC(=O)N1CCC(OC(=O)CC(c2ccccc2)c2ccccc2)CC1. The Morgan fingerprint density at radius 3 is 1.90 bits per heavy atom. The lowest BCUT2D eigenvalue weighted by Gasteiger charge is -2.33. The Hall–Kier alpha value is -2.82. The molecule has 0 spiro atoms. The maximum Gasteiger partial charge on any atom is 0.410 e. The minimum Gasteiger partial charge on any atom is -0.462 e. The minimum atomic E-state index is -0.510. The Labute approximate surface area is 179 Å². The van der Waals surface area contributed by atoms with E-state index in [9.17, 15) is 9.59 Å². The summed E-state index contributed by atoms with van der Waals surface area (Å²) in [6.07, 6.45) is 1.09. The van der Waals surface area contributed by atoms with Gasteiger partial charge >= 0.3 is 12.1 Å². The van der Waals surface area contributed by atoms with E-state index in [0.29, 0.717) is 32.4 Å². The molecule has 0 N–H and O–H groups in total. The van der Waals surface area contributed by atoms with Gasteiger partial charge < -0.3 is 14.4 Å². The van der Waals surface area contributed by atoms with Crippen LogP contribution >= 0.6 is 0 Å². The fourth-order valence-electron chi connectivity index (χ4n) is 3.68. The van der Waals surface area contributed by atoms with Crippen molar-refractivity contribution in [3.05, 3.63) is 71.8 Å². The normalized spacial score (nSPS) is 15.1. The lowest BCUT2D eigenvalue weighted by Crippen LogP contribution is -2.43. The van der Waals surface area contributed by atoms with Crippen LogP contribution in [-0.4, -0.2) is 41.8 Å². The Kier molecular flexibility index (Phi) is 7.14. The van der Waals surface area contributed by atoms with Gasteiger partial charge in [-0.25, -0.2) is 4.79 Å². The van der Waals surface area contributed by atoms with Crippen LogP contribution < -0.4 is 0 Å². The van der Waals surface area contributed by atoms with Gasteiger partial charge in [-0.15, -0.1) is 0 Å². The maximum absolute atomic E-state index is 12.7. The van der Waals surface area contributed by atoms with Crippen LogP contribution in [0.3, 0.4) is 0 Å². The van der Waals surface area contributed by atoms with Gasteiger partial charge in [0.1, 0.15) is 11.7 Å². The predicted molar refractivity (Wildman–Crippen MR) is 116 cm³/mol. The van der Waals surface area contributed by atoms with E-state index in [4.69, 9.17) is 9.47 Å². The molecule has 1 aliphatic rings. The molecule has 0 aromatic heterocycles. The first-order valence-corrected chi connectivity index (χ1v) is 10.6. The van der Waals surface area contributed by atoms with Crippen molar-refractivity contribution in [3.8, 4) is 0 Å². The number of hydrogen-bond acceptors (Lipinski definition) is 4. The molecule has 1 aliphatic heterocycles. The molecule has 30 heavy (non-hydrogen) atoms. The number of carbonyl (C=O) groups is 2. The first kappa shape index (κ1) is 21.9. The van der Waals surface area contributed by atoms with Gasteiger partial charge in [0.15, 0.2) is 0 Å². The zero-order chi connectivity index (χ0) is 21.6. The molecule has 1 heterocycles. The summed E-state index contributed by atoms with van der Waals surface area (Å²) in [5.74, 6) is -0.245. The van der Waals surface area contributed by atoms with E-state index >= 15 is 0 Å². The molecular formula is C25H31NO4. The lowest BCUT2D eigenvalue weighted by molar-refractivity contribution is -0.151. The third kappa shape index (κ3) is 6.34. The van der Waals surface area contributed by atoms with E-state index in [0.717, 1.165) is 11.1 Å². The molecule has 0 unspecified atom stereocenters. The number of amides is 1.